The minimum atomic E-state index is 0.300. The molecule has 3 rings (SSSR count). The highest BCUT2D eigenvalue weighted by Gasteiger charge is 2.64. The Morgan fingerprint density at radius 1 is 1.18 bits per heavy atom. The number of epoxide rings is 1. The summed E-state index contributed by atoms with van der Waals surface area (Å²) in [7, 11) is 0. The highest BCUT2D eigenvalue weighted by molar-refractivity contribution is 5.39. The van der Waals surface area contributed by atoms with E-state index in [-0.39, 0.29) is 0 Å². The predicted molar refractivity (Wildman–Crippen MR) is 70.9 cm³/mol. The van der Waals surface area contributed by atoms with E-state index in [1.807, 2.05) is 0 Å². The molecule has 1 nitrogen and oxygen atoms in total. The van der Waals surface area contributed by atoms with Crippen molar-refractivity contribution >= 4 is 0 Å². The van der Waals surface area contributed by atoms with Gasteiger partial charge < -0.3 is 4.74 Å². The Morgan fingerprint density at radius 3 is 2.53 bits per heavy atom. The summed E-state index contributed by atoms with van der Waals surface area (Å²) < 4.78 is 6.09. The third-order valence-electron chi connectivity index (χ3n) is 5.84. The van der Waals surface area contributed by atoms with Crippen molar-refractivity contribution in [2.45, 2.75) is 72.5 Å². The molecule has 17 heavy (non-hydrogen) atoms. The zero-order valence-corrected chi connectivity index (χ0v) is 12.0. The fourth-order valence-corrected chi connectivity index (χ4v) is 4.31. The van der Waals surface area contributed by atoms with E-state index in [0.29, 0.717) is 23.0 Å². The Kier molecular flexibility index (Phi) is 2.34. The maximum Gasteiger partial charge on any atom is 0.0941 e. The summed E-state index contributed by atoms with van der Waals surface area (Å²) in [5, 5.41) is 0. The van der Waals surface area contributed by atoms with Crippen LogP contribution in [0.15, 0.2) is 11.1 Å². The quantitative estimate of drug-likeness (QED) is 0.486. The zero-order chi connectivity index (χ0) is 12.4. The summed E-state index contributed by atoms with van der Waals surface area (Å²) in [6.07, 6.45) is 6.24. The molecule has 0 saturated carbocycles. The topological polar surface area (TPSA) is 12.5 Å². The van der Waals surface area contributed by atoms with Crippen molar-refractivity contribution in [2.75, 3.05) is 0 Å². The van der Waals surface area contributed by atoms with Crippen LogP contribution in [0.1, 0.15) is 60.3 Å². The third-order valence-corrected chi connectivity index (χ3v) is 5.84. The lowest BCUT2D eigenvalue weighted by Gasteiger charge is -2.45. The van der Waals surface area contributed by atoms with E-state index in [4.69, 9.17) is 4.74 Å². The van der Waals surface area contributed by atoms with Crippen LogP contribution in [0.2, 0.25) is 0 Å². The Bertz CT molecular complexity index is 379. The molecule has 1 saturated heterocycles. The summed E-state index contributed by atoms with van der Waals surface area (Å²) in [5.74, 6) is 0.866. The normalized spacial score (nSPS) is 47.5. The van der Waals surface area contributed by atoms with Crippen molar-refractivity contribution in [1.29, 1.82) is 0 Å². The molecule has 4 unspecified atom stereocenters. The molecule has 3 aliphatic rings. The zero-order valence-electron chi connectivity index (χ0n) is 12.0. The van der Waals surface area contributed by atoms with Crippen molar-refractivity contribution in [3.63, 3.8) is 0 Å². The summed E-state index contributed by atoms with van der Waals surface area (Å²) >= 11 is 0. The summed E-state index contributed by atoms with van der Waals surface area (Å²) in [6.45, 7) is 12.0. The molecule has 0 N–H and O–H groups in total. The third kappa shape index (κ3) is 1.41. The van der Waals surface area contributed by atoms with Crippen LogP contribution in [-0.4, -0.2) is 12.2 Å². The largest absolute Gasteiger partial charge is 0.368 e. The molecule has 4 atom stereocenters. The maximum atomic E-state index is 6.09. The van der Waals surface area contributed by atoms with Crippen molar-refractivity contribution in [3.05, 3.63) is 11.1 Å². The van der Waals surface area contributed by atoms with Gasteiger partial charge in [-0.25, -0.2) is 0 Å². The van der Waals surface area contributed by atoms with Crippen LogP contribution in [0.5, 0.6) is 0 Å². The smallest absolute Gasteiger partial charge is 0.0941 e. The second kappa shape index (κ2) is 3.38. The Hall–Kier alpha value is -0.300. The van der Waals surface area contributed by atoms with Crippen LogP contribution in [0.25, 0.3) is 0 Å². The molecule has 1 heterocycles. The van der Waals surface area contributed by atoms with Gasteiger partial charge in [0, 0.05) is 10.8 Å². The van der Waals surface area contributed by atoms with E-state index in [1.165, 1.54) is 25.7 Å². The average molecular weight is 234 g/mol. The van der Waals surface area contributed by atoms with Gasteiger partial charge in [-0.2, -0.15) is 0 Å². The molecule has 1 fully saturated rings. The van der Waals surface area contributed by atoms with Gasteiger partial charge in [0.15, 0.2) is 0 Å². The first-order valence-corrected chi connectivity index (χ1v) is 7.29. The van der Waals surface area contributed by atoms with Crippen LogP contribution in [-0.2, 0) is 4.74 Å². The maximum absolute atomic E-state index is 6.09. The lowest BCUT2D eigenvalue weighted by atomic mass is 9.57. The number of ether oxygens (including phenoxy) is 1. The van der Waals surface area contributed by atoms with Crippen LogP contribution in [0, 0.1) is 16.7 Å². The molecule has 0 spiro atoms. The first-order valence-electron chi connectivity index (χ1n) is 7.29. The van der Waals surface area contributed by atoms with Crippen LogP contribution < -0.4 is 0 Å². The standard InChI is InChI=1S/C16H26O/c1-6-16(5)12-9-10(2)7-8-11(12)15(3,4)13-14(16)17-13/h10,13-14H,6-9H2,1-5H3. The molecular weight excluding hydrogens is 208 g/mol. The lowest BCUT2D eigenvalue weighted by molar-refractivity contribution is 0.235. The van der Waals surface area contributed by atoms with Gasteiger partial charge >= 0.3 is 0 Å². The van der Waals surface area contributed by atoms with Gasteiger partial charge in [-0.3, -0.25) is 0 Å². The van der Waals surface area contributed by atoms with Crippen LogP contribution >= 0.6 is 0 Å². The summed E-state index contributed by atoms with van der Waals surface area (Å²) in [5.41, 5.74) is 4.15. The van der Waals surface area contributed by atoms with Crippen molar-refractivity contribution < 1.29 is 4.74 Å². The van der Waals surface area contributed by atoms with E-state index < -0.39 is 0 Å². The SMILES string of the molecule is CCC1(C)C2=C(CCC(C)C2)C(C)(C)C2OC21. The molecule has 0 aromatic carbocycles. The molecule has 1 heteroatoms. The van der Waals surface area contributed by atoms with E-state index >= 15 is 0 Å². The molecule has 0 aromatic heterocycles. The first kappa shape index (κ1) is 11.8. The fraction of sp³-hybridized carbons (Fsp3) is 0.875. The van der Waals surface area contributed by atoms with Crippen LogP contribution in [0.4, 0.5) is 0 Å². The molecule has 2 aliphatic carbocycles. The van der Waals surface area contributed by atoms with Gasteiger partial charge in [-0.15, -0.1) is 0 Å². The predicted octanol–water partition coefficient (Wildman–Crippen LogP) is 4.33. The Morgan fingerprint density at radius 2 is 1.88 bits per heavy atom. The van der Waals surface area contributed by atoms with Gasteiger partial charge in [-0.05, 0) is 31.6 Å². The van der Waals surface area contributed by atoms with Gasteiger partial charge in [0.1, 0.15) is 0 Å². The van der Waals surface area contributed by atoms with Gasteiger partial charge in [-0.1, -0.05) is 45.8 Å². The number of hydrogen-bond donors (Lipinski definition) is 0. The van der Waals surface area contributed by atoms with Gasteiger partial charge in [0.25, 0.3) is 0 Å². The van der Waals surface area contributed by atoms with Crippen LogP contribution in [0.3, 0.4) is 0 Å². The lowest BCUT2D eigenvalue weighted by Crippen LogP contribution is -2.41. The van der Waals surface area contributed by atoms with Crippen molar-refractivity contribution in [1.82, 2.24) is 0 Å². The number of hydrogen-bond acceptors (Lipinski definition) is 1. The van der Waals surface area contributed by atoms with Crippen molar-refractivity contribution in [2.24, 2.45) is 16.7 Å². The molecule has 1 aliphatic heterocycles. The fourth-order valence-electron chi connectivity index (χ4n) is 4.31. The van der Waals surface area contributed by atoms with E-state index in [2.05, 4.69) is 34.6 Å². The molecule has 0 bridgehead atoms. The molecule has 0 amide bonds. The highest BCUT2D eigenvalue weighted by atomic mass is 16.6. The Labute approximate surface area is 106 Å². The second-order valence-electron chi connectivity index (χ2n) is 7.28. The molecule has 0 radical (unpaired) electrons. The first-order chi connectivity index (χ1) is 7.91. The Balaban J connectivity index is 2.10. The highest BCUT2D eigenvalue weighted by Crippen LogP contribution is 2.63. The van der Waals surface area contributed by atoms with E-state index in [0.717, 1.165) is 5.92 Å². The molecule has 0 aromatic rings. The second-order valence-corrected chi connectivity index (χ2v) is 7.28. The van der Waals surface area contributed by atoms with Crippen molar-refractivity contribution in [3.8, 4) is 0 Å². The van der Waals surface area contributed by atoms with Gasteiger partial charge in [0.05, 0.1) is 12.2 Å². The monoisotopic (exact) mass is 234 g/mol. The minimum absolute atomic E-state index is 0.300. The molecule has 96 valence electrons. The number of fused-ring (bicyclic) bond motifs is 1. The minimum Gasteiger partial charge on any atom is -0.368 e. The number of rotatable bonds is 1. The van der Waals surface area contributed by atoms with E-state index in [9.17, 15) is 0 Å². The van der Waals surface area contributed by atoms with E-state index in [1.54, 1.807) is 11.1 Å². The summed E-state index contributed by atoms with van der Waals surface area (Å²) in [6, 6.07) is 0. The average Bonchev–Trinajstić information content (AvgIpc) is 3.07. The van der Waals surface area contributed by atoms with Gasteiger partial charge in [0.2, 0.25) is 0 Å². The molecular formula is C16H26O. The summed E-state index contributed by atoms with van der Waals surface area (Å²) in [4.78, 5) is 0.